The van der Waals surface area contributed by atoms with Crippen LogP contribution in [0.3, 0.4) is 0 Å². The van der Waals surface area contributed by atoms with Gasteiger partial charge in [0.25, 0.3) is 0 Å². The quantitative estimate of drug-likeness (QED) is 0.335. The van der Waals surface area contributed by atoms with Crippen LogP contribution in [0, 0.1) is 0 Å². The number of nitrogens with zero attached hydrogens (tertiary/aromatic N) is 1. The highest BCUT2D eigenvalue weighted by molar-refractivity contribution is 5.77. The Labute approximate surface area is 51.8 Å². The van der Waals surface area contributed by atoms with E-state index >= 15 is 0 Å². The molecule has 0 amide bonds. The van der Waals surface area contributed by atoms with E-state index in [1.165, 1.54) is 0 Å². The lowest BCUT2D eigenvalue weighted by Crippen LogP contribution is -2.28. The molecule has 0 rings (SSSR count). The molecule has 5 nitrogen and oxygen atoms in total. The number of aliphatic carboxylic acids is 1. The van der Waals surface area contributed by atoms with E-state index in [0.717, 1.165) is 0 Å². The molecule has 0 aromatic rings. The first-order valence-corrected chi connectivity index (χ1v) is 2.29. The van der Waals surface area contributed by atoms with Crippen molar-refractivity contribution in [3.05, 3.63) is 0 Å². The van der Waals surface area contributed by atoms with Gasteiger partial charge >= 0.3 is 5.97 Å². The van der Waals surface area contributed by atoms with E-state index in [-0.39, 0.29) is 6.54 Å². The third-order valence-corrected chi connectivity index (χ3v) is 0.565. The van der Waals surface area contributed by atoms with Crippen molar-refractivity contribution in [1.29, 1.82) is 0 Å². The monoisotopic (exact) mass is 131 g/mol. The molecular weight excluding hydrogens is 124 g/mol. The molecule has 0 unspecified atom stereocenters. The van der Waals surface area contributed by atoms with Gasteiger partial charge in [-0.25, -0.2) is 0 Å². The van der Waals surface area contributed by atoms with Gasteiger partial charge in [-0.3, -0.25) is 9.79 Å². The van der Waals surface area contributed by atoms with E-state index in [1.54, 1.807) is 0 Å². The van der Waals surface area contributed by atoms with Gasteiger partial charge in [-0.2, -0.15) is 0 Å². The van der Waals surface area contributed by atoms with Gasteiger partial charge in [-0.15, -0.1) is 0 Å². The Morgan fingerprint density at radius 1 is 1.78 bits per heavy atom. The summed E-state index contributed by atoms with van der Waals surface area (Å²) in [6.07, 6.45) is 0. The molecule has 5 heteroatoms. The average Bonchev–Trinajstić information content (AvgIpc) is 1.83. The summed E-state index contributed by atoms with van der Waals surface area (Å²) >= 11 is 0. The summed E-state index contributed by atoms with van der Waals surface area (Å²) < 4.78 is 0. The largest absolute Gasteiger partial charge is 0.861 e. The molecule has 0 aromatic carbocycles. The van der Waals surface area contributed by atoms with Crippen LogP contribution in [0.1, 0.15) is 0 Å². The van der Waals surface area contributed by atoms with Crippen LogP contribution in [0.15, 0.2) is 4.99 Å². The lowest BCUT2D eigenvalue weighted by molar-refractivity contribution is -0.217. The Morgan fingerprint density at radius 2 is 2.33 bits per heavy atom. The molecule has 0 aliphatic heterocycles. The lowest BCUT2D eigenvalue weighted by Gasteiger charge is -2.03. The zero-order valence-electron chi connectivity index (χ0n) is 4.70. The maximum Gasteiger partial charge on any atom is 0.325 e. The first-order valence-electron chi connectivity index (χ1n) is 2.29. The molecule has 9 heavy (non-hydrogen) atoms. The number of rotatable bonds is 3. The number of carbonyl (C=O) groups is 1. The second kappa shape index (κ2) is 3.85. The second-order valence-electron chi connectivity index (χ2n) is 1.31. The standard InChI is InChI=1S/C4H8N2O3/c5-1-3(7)6-2-4(8)9/h1-2,5H2,(H,6,7)(H,8,9)/p-1. The zero-order chi connectivity index (χ0) is 7.28. The molecule has 0 radical (unpaired) electrons. The minimum Gasteiger partial charge on any atom is -0.861 e. The predicted molar refractivity (Wildman–Crippen MR) is 29.0 cm³/mol. The van der Waals surface area contributed by atoms with Crippen molar-refractivity contribution in [3.63, 3.8) is 0 Å². The highest BCUT2D eigenvalue weighted by Gasteiger charge is 1.89. The third kappa shape index (κ3) is 4.76. The van der Waals surface area contributed by atoms with Crippen molar-refractivity contribution in [2.75, 3.05) is 13.1 Å². The molecule has 0 aliphatic rings. The van der Waals surface area contributed by atoms with Crippen LogP contribution in [0.4, 0.5) is 0 Å². The van der Waals surface area contributed by atoms with Gasteiger partial charge in [-0.05, 0) is 5.90 Å². The van der Waals surface area contributed by atoms with Crippen molar-refractivity contribution in [2.45, 2.75) is 0 Å². The fourth-order valence-corrected chi connectivity index (χ4v) is 0.220. The van der Waals surface area contributed by atoms with Gasteiger partial charge in [0.1, 0.15) is 6.54 Å². The van der Waals surface area contributed by atoms with Crippen LogP contribution in [0.25, 0.3) is 0 Å². The summed E-state index contributed by atoms with van der Waals surface area (Å²) in [6, 6.07) is 0. The molecule has 0 fully saturated rings. The minimum atomic E-state index is -1.13. The van der Waals surface area contributed by atoms with Gasteiger partial charge < -0.3 is 15.9 Å². The van der Waals surface area contributed by atoms with Crippen molar-refractivity contribution in [2.24, 2.45) is 10.7 Å². The molecule has 0 heterocycles. The van der Waals surface area contributed by atoms with Crippen LogP contribution in [0.5, 0.6) is 0 Å². The van der Waals surface area contributed by atoms with Crippen LogP contribution in [-0.4, -0.2) is 30.1 Å². The lowest BCUT2D eigenvalue weighted by atomic mass is 10.6. The van der Waals surface area contributed by atoms with E-state index in [2.05, 4.69) is 4.99 Å². The smallest absolute Gasteiger partial charge is 0.325 e. The predicted octanol–water partition coefficient (Wildman–Crippen LogP) is -2.21. The number of nitrogens with two attached hydrogens (primary N) is 1. The van der Waals surface area contributed by atoms with Crippen LogP contribution < -0.4 is 10.8 Å². The normalized spacial score (nSPS) is 11.4. The maximum absolute atomic E-state index is 10.2. The topological polar surface area (TPSA) is 98.7 Å². The zero-order valence-corrected chi connectivity index (χ0v) is 4.70. The van der Waals surface area contributed by atoms with E-state index in [9.17, 15) is 9.90 Å². The minimum absolute atomic E-state index is 0.229. The summed E-state index contributed by atoms with van der Waals surface area (Å²) in [5, 5.41) is 18.1. The Kier molecular flexibility index (Phi) is 3.38. The van der Waals surface area contributed by atoms with Gasteiger partial charge in [0.05, 0.1) is 0 Å². The summed E-state index contributed by atoms with van der Waals surface area (Å²) in [7, 11) is 0. The number of hydrogen-bond acceptors (Lipinski definition) is 4. The van der Waals surface area contributed by atoms with Crippen LogP contribution >= 0.6 is 0 Å². The van der Waals surface area contributed by atoms with Crippen molar-refractivity contribution in [1.82, 2.24) is 0 Å². The van der Waals surface area contributed by atoms with E-state index in [4.69, 9.17) is 10.8 Å². The summed E-state index contributed by atoms with van der Waals surface area (Å²) in [5.74, 6) is -1.71. The SMILES string of the molecule is NCC([O-])=NCC(=O)O. The third-order valence-electron chi connectivity index (χ3n) is 0.565. The molecule has 0 spiro atoms. The summed E-state index contributed by atoms with van der Waals surface area (Å²) in [6.45, 7) is -0.719. The molecule has 52 valence electrons. The molecule has 3 N–H and O–H groups in total. The number of hydrogen-bond donors (Lipinski definition) is 2. The van der Waals surface area contributed by atoms with E-state index in [0.29, 0.717) is 0 Å². The van der Waals surface area contributed by atoms with Crippen LogP contribution in [0.2, 0.25) is 0 Å². The van der Waals surface area contributed by atoms with E-state index < -0.39 is 18.4 Å². The molecule has 0 aliphatic carbocycles. The van der Waals surface area contributed by atoms with E-state index in [1.807, 2.05) is 0 Å². The highest BCUT2D eigenvalue weighted by Crippen LogP contribution is 1.68. The number of aliphatic imine (C=N–C) groups is 1. The molecule has 0 atom stereocenters. The maximum atomic E-state index is 10.2. The first-order chi connectivity index (χ1) is 4.16. The van der Waals surface area contributed by atoms with Crippen molar-refractivity contribution < 1.29 is 15.0 Å². The molecule has 0 saturated heterocycles. The Bertz CT molecular complexity index is 132. The average molecular weight is 131 g/mol. The van der Waals surface area contributed by atoms with Crippen molar-refractivity contribution in [3.8, 4) is 0 Å². The van der Waals surface area contributed by atoms with Crippen LogP contribution in [-0.2, 0) is 4.79 Å². The Hall–Kier alpha value is -1.10. The van der Waals surface area contributed by atoms with Gasteiger partial charge in [0.2, 0.25) is 0 Å². The van der Waals surface area contributed by atoms with Crippen molar-refractivity contribution >= 4 is 11.9 Å². The fourth-order valence-electron chi connectivity index (χ4n) is 0.220. The van der Waals surface area contributed by atoms with Gasteiger partial charge in [0, 0.05) is 6.54 Å². The van der Waals surface area contributed by atoms with Gasteiger partial charge in [-0.1, -0.05) is 0 Å². The first kappa shape index (κ1) is 7.90. The Balaban J connectivity index is 3.56. The summed E-state index contributed by atoms with van der Waals surface area (Å²) in [5.41, 5.74) is 4.82. The second-order valence-corrected chi connectivity index (χ2v) is 1.31. The van der Waals surface area contributed by atoms with Gasteiger partial charge in [0.15, 0.2) is 0 Å². The molecule has 0 saturated carbocycles. The molecule has 0 bridgehead atoms. The molecular formula is C4H7N2O3-. The number of carboxylic acid groups (broad SMARTS) is 1. The number of carboxylic acids is 1. The summed E-state index contributed by atoms with van der Waals surface area (Å²) in [4.78, 5) is 12.8. The Morgan fingerprint density at radius 3 is 2.67 bits per heavy atom. The molecule has 0 aromatic heterocycles. The fraction of sp³-hybridized carbons (Fsp3) is 0.500. The highest BCUT2D eigenvalue weighted by atomic mass is 16.4.